The van der Waals surface area contributed by atoms with E-state index in [9.17, 15) is 19.5 Å². The number of unbranched alkanes of at least 4 members (excludes halogenated alkanes) is 2. The number of fused-ring (bicyclic) bond motifs is 2. The summed E-state index contributed by atoms with van der Waals surface area (Å²) in [5.41, 5.74) is 10.1. The number of carbonyl (C=O) groups excluding carboxylic acids is 3. The van der Waals surface area contributed by atoms with Crippen molar-refractivity contribution in [2.75, 3.05) is 50.8 Å². The van der Waals surface area contributed by atoms with Gasteiger partial charge in [0.2, 0.25) is 11.8 Å². The molecule has 0 saturated carbocycles. The van der Waals surface area contributed by atoms with E-state index in [1.165, 1.54) is 22.5 Å². The van der Waals surface area contributed by atoms with Crippen LogP contribution in [0.5, 0.6) is 5.75 Å². The van der Waals surface area contributed by atoms with Gasteiger partial charge < -0.3 is 25.0 Å². The first-order chi connectivity index (χ1) is 30.8. The molecule has 0 bridgehead atoms. The third-order valence-corrected chi connectivity index (χ3v) is 13.5. The highest BCUT2D eigenvalue weighted by Gasteiger charge is 2.40. The number of ether oxygens (including phenoxy) is 1. The van der Waals surface area contributed by atoms with Crippen molar-refractivity contribution in [2.24, 2.45) is 0 Å². The molecular formula is C49H54N8O5S. The highest BCUT2D eigenvalue weighted by atomic mass is 32.1. The van der Waals surface area contributed by atoms with Crippen molar-refractivity contribution in [3.8, 4) is 28.1 Å². The van der Waals surface area contributed by atoms with Crippen molar-refractivity contribution >= 4 is 40.5 Å². The van der Waals surface area contributed by atoms with Crippen LogP contribution in [0.25, 0.3) is 28.0 Å². The lowest BCUT2D eigenvalue weighted by Crippen LogP contribution is -2.52. The Morgan fingerprint density at radius 1 is 0.905 bits per heavy atom. The number of carbonyl (C=O) groups is 3. The molecule has 0 radical (unpaired) electrons. The number of hydrogen-bond acceptors (Lipinski definition) is 11. The van der Waals surface area contributed by atoms with E-state index in [1.54, 1.807) is 4.90 Å². The predicted molar refractivity (Wildman–Crippen MR) is 245 cm³/mol. The van der Waals surface area contributed by atoms with E-state index in [-0.39, 0.29) is 24.8 Å². The van der Waals surface area contributed by atoms with Crippen molar-refractivity contribution in [3.05, 3.63) is 123 Å². The summed E-state index contributed by atoms with van der Waals surface area (Å²) in [5, 5.41) is 22.3. The molecule has 6 heterocycles. The van der Waals surface area contributed by atoms with Crippen LogP contribution in [-0.2, 0) is 35.7 Å². The van der Waals surface area contributed by atoms with Crippen LogP contribution in [0.4, 0.5) is 5.82 Å². The minimum Gasteiger partial charge on any atom is -0.488 e. The third-order valence-electron chi connectivity index (χ3n) is 12.5. The van der Waals surface area contributed by atoms with Crippen molar-refractivity contribution in [1.82, 2.24) is 35.0 Å². The van der Waals surface area contributed by atoms with Gasteiger partial charge in [-0.1, -0.05) is 67.1 Å². The van der Waals surface area contributed by atoms with Gasteiger partial charge in [0.1, 0.15) is 24.2 Å². The summed E-state index contributed by atoms with van der Waals surface area (Å²) >= 11 is 1.50. The molecule has 1 unspecified atom stereocenters. The van der Waals surface area contributed by atoms with Gasteiger partial charge in [0.05, 0.1) is 23.6 Å². The van der Waals surface area contributed by atoms with Crippen molar-refractivity contribution in [3.63, 3.8) is 0 Å². The van der Waals surface area contributed by atoms with Crippen molar-refractivity contribution < 1.29 is 24.2 Å². The minimum atomic E-state index is -0.619. The van der Waals surface area contributed by atoms with Gasteiger partial charge in [-0.25, -0.2) is 4.98 Å². The van der Waals surface area contributed by atoms with Gasteiger partial charge in [-0.2, -0.15) is 9.61 Å². The number of imide groups is 1. The van der Waals surface area contributed by atoms with Crippen LogP contribution < -0.4 is 20.3 Å². The first-order valence-corrected chi connectivity index (χ1v) is 23.0. The smallest absolute Gasteiger partial charge is 0.256 e. The van der Waals surface area contributed by atoms with Crippen molar-refractivity contribution in [1.29, 1.82) is 0 Å². The van der Waals surface area contributed by atoms with Crippen LogP contribution in [-0.4, -0.2) is 99.1 Å². The van der Waals surface area contributed by atoms with E-state index in [0.29, 0.717) is 31.7 Å². The van der Waals surface area contributed by atoms with Gasteiger partial charge in [0, 0.05) is 85.2 Å². The number of nitrogens with one attached hydrogen (secondary N) is 2. The summed E-state index contributed by atoms with van der Waals surface area (Å²) in [6.07, 6.45) is 4.90. The number of anilines is 1. The number of benzene rings is 3. The van der Waals surface area contributed by atoms with E-state index in [4.69, 9.17) is 14.8 Å². The number of piperidine rings is 1. The van der Waals surface area contributed by atoms with E-state index in [2.05, 4.69) is 94.1 Å². The Labute approximate surface area is 371 Å². The Balaban J connectivity index is 0.753. The molecule has 2 saturated heterocycles. The van der Waals surface area contributed by atoms with Gasteiger partial charge in [-0.15, -0.1) is 11.3 Å². The first-order valence-electron chi connectivity index (χ1n) is 22.1. The van der Waals surface area contributed by atoms with Crippen molar-refractivity contribution in [2.45, 2.75) is 71.2 Å². The van der Waals surface area contributed by atoms with E-state index >= 15 is 0 Å². The lowest BCUT2D eigenvalue weighted by molar-refractivity contribution is -0.136. The fourth-order valence-electron chi connectivity index (χ4n) is 9.02. The summed E-state index contributed by atoms with van der Waals surface area (Å²) in [6, 6.07) is 28.9. The molecule has 3 aromatic heterocycles. The number of hydrogen-bond donors (Lipinski definition) is 3. The maximum absolute atomic E-state index is 13.1. The first kappa shape index (κ1) is 42.4. The number of rotatable bonds is 17. The van der Waals surface area contributed by atoms with E-state index in [1.807, 2.05) is 28.1 Å². The molecule has 6 aromatic rings. The third kappa shape index (κ3) is 9.40. The Kier molecular flexibility index (Phi) is 12.9. The standard InChI is InChI=1S/C49H54N8O5S/c1-33-46(36-11-5-2-6-12-36)47-51-41(28-45(57(47)53-33)55-23-21-54(22-24-55)25-26-58)37-13-8-10-34(27-37)9-4-3-7-20-50-29-35-14-16-38(17-15-35)62-31-43-39-30-56(49(61)40(39)32-63-43)42-18-19-44(59)52-48(42)60/h2,5-6,8,10-17,27-28,32,42,50,58H,3-4,7,9,18-26,29-31H2,1H3,(H,52,59,60). The zero-order valence-corrected chi connectivity index (χ0v) is 36.5. The number of β-amino-alcohol motifs (C(OH)–C–C–N with tert-alkyl or cyclic N) is 1. The van der Waals surface area contributed by atoms with Crippen LogP contribution in [0.3, 0.4) is 0 Å². The zero-order valence-electron chi connectivity index (χ0n) is 35.7. The molecule has 3 N–H and O–H groups in total. The highest BCUT2D eigenvalue weighted by molar-refractivity contribution is 7.10. The largest absolute Gasteiger partial charge is 0.488 e. The second-order valence-corrected chi connectivity index (χ2v) is 17.6. The van der Waals surface area contributed by atoms with Gasteiger partial charge in [0.15, 0.2) is 5.65 Å². The molecule has 63 heavy (non-hydrogen) atoms. The normalized spacial score (nSPS) is 16.9. The second kappa shape index (κ2) is 19.2. The molecule has 3 aliphatic rings. The number of aromatic nitrogens is 3. The highest BCUT2D eigenvalue weighted by Crippen LogP contribution is 2.36. The molecule has 2 fully saturated rings. The van der Waals surface area contributed by atoms with Gasteiger partial charge in [-0.05, 0) is 74.0 Å². The maximum atomic E-state index is 13.1. The molecular weight excluding hydrogens is 813 g/mol. The molecule has 3 amide bonds. The Morgan fingerprint density at radius 3 is 2.51 bits per heavy atom. The molecule has 1 atom stereocenters. The summed E-state index contributed by atoms with van der Waals surface area (Å²) in [6.45, 7) is 8.85. The van der Waals surface area contributed by atoms with Crippen LogP contribution in [0.1, 0.15) is 69.7 Å². The van der Waals surface area contributed by atoms with E-state index < -0.39 is 11.9 Å². The molecule has 9 rings (SSSR count). The topological polar surface area (TPSA) is 145 Å². The number of aliphatic hydroxyl groups is 1. The summed E-state index contributed by atoms with van der Waals surface area (Å²) < 4.78 is 8.14. The molecule has 0 spiro atoms. The number of thiophene rings is 1. The van der Waals surface area contributed by atoms with Gasteiger partial charge in [-0.3, -0.25) is 24.6 Å². The minimum absolute atomic E-state index is 0.161. The van der Waals surface area contributed by atoms with E-state index in [0.717, 1.165) is 121 Å². The molecule has 14 heteroatoms. The van der Waals surface area contributed by atoms with Crippen LogP contribution >= 0.6 is 11.3 Å². The number of nitrogens with zero attached hydrogens (tertiary/aromatic N) is 6. The molecule has 0 aliphatic carbocycles. The second-order valence-electron chi connectivity index (χ2n) is 16.7. The molecule has 3 aliphatic heterocycles. The predicted octanol–water partition coefficient (Wildman–Crippen LogP) is 6.39. The summed E-state index contributed by atoms with van der Waals surface area (Å²) in [7, 11) is 0. The lowest BCUT2D eigenvalue weighted by atomic mass is 10.0. The van der Waals surface area contributed by atoms with Crippen LogP contribution in [0, 0.1) is 6.92 Å². The Hall–Kier alpha value is -5.93. The average Bonchev–Trinajstić information content (AvgIpc) is 3.97. The maximum Gasteiger partial charge on any atom is 0.256 e. The zero-order chi connectivity index (χ0) is 43.3. The molecule has 13 nitrogen and oxygen atoms in total. The fourth-order valence-corrected chi connectivity index (χ4v) is 9.96. The van der Waals surface area contributed by atoms with Crippen LogP contribution in [0.2, 0.25) is 0 Å². The Morgan fingerprint density at radius 2 is 1.71 bits per heavy atom. The molecule has 3 aromatic carbocycles. The number of piperazine rings is 1. The van der Waals surface area contributed by atoms with Gasteiger partial charge >= 0.3 is 0 Å². The summed E-state index contributed by atoms with van der Waals surface area (Å²) in [5.74, 6) is 0.955. The quantitative estimate of drug-likeness (QED) is 0.0697. The number of aliphatic hydroxyl groups excluding tert-OH is 1. The average molecular weight is 867 g/mol. The lowest BCUT2D eigenvalue weighted by Gasteiger charge is -2.35. The van der Waals surface area contributed by atoms with Crippen LogP contribution in [0.15, 0.2) is 90.3 Å². The fraction of sp³-hybridized carbons (Fsp3) is 0.367. The number of amides is 3. The monoisotopic (exact) mass is 866 g/mol. The summed E-state index contributed by atoms with van der Waals surface area (Å²) in [4.78, 5) is 49.6. The number of aryl methyl sites for hydroxylation is 2. The Bertz CT molecular complexity index is 2580. The SMILES string of the molecule is Cc1nn2c(N3CCN(CCO)CC3)cc(-c3cccc(CCCCCNCc4ccc(OCc5scc6c5CN(C5CCC(=O)NC5=O)C6=O)cc4)c3)nc2c1-c1ccccc1. The van der Waals surface area contributed by atoms with Gasteiger partial charge in [0.25, 0.3) is 5.91 Å². The molecule has 326 valence electrons.